The summed E-state index contributed by atoms with van der Waals surface area (Å²) in [7, 11) is 0. The van der Waals surface area contributed by atoms with E-state index in [-0.39, 0.29) is 18.3 Å². The summed E-state index contributed by atoms with van der Waals surface area (Å²) in [5.74, 6) is 0.258. The van der Waals surface area contributed by atoms with E-state index in [4.69, 9.17) is 4.74 Å². The van der Waals surface area contributed by atoms with Gasteiger partial charge >= 0.3 is 0 Å². The number of aromatic nitrogens is 1. The Labute approximate surface area is 149 Å². The molecule has 1 amide bonds. The van der Waals surface area contributed by atoms with E-state index < -0.39 is 0 Å². The van der Waals surface area contributed by atoms with Crippen LogP contribution in [0.1, 0.15) is 29.8 Å². The Morgan fingerprint density at radius 1 is 1.16 bits per heavy atom. The summed E-state index contributed by atoms with van der Waals surface area (Å²) in [5.41, 5.74) is 2.72. The molecule has 2 aromatic carbocycles. The summed E-state index contributed by atoms with van der Waals surface area (Å²) in [5, 5.41) is 3.32. The first-order valence-electron chi connectivity index (χ1n) is 7.98. The lowest BCUT2D eigenvalue weighted by Gasteiger charge is -2.06. The van der Waals surface area contributed by atoms with Crippen LogP contribution >= 0.6 is 11.3 Å². The van der Waals surface area contributed by atoms with Gasteiger partial charge in [-0.3, -0.25) is 14.9 Å². The minimum atomic E-state index is -0.273. The summed E-state index contributed by atoms with van der Waals surface area (Å²) in [6.45, 7) is 3.49. The number of aryl methyl sites for hydroxylation is 1. The predicted octanol–water partition coefficient (Wildman–Crippen LogP) is 4.08. The maximum atomic E-state index is 12.0. The van der Waals surface area contributed by atoms with Crippen LogP contribution in [0.4, 0.5) is 5.13 Å². The van der Waals surface area contributed by atoms with E-state index in [1.165, 1.54) is 23.8 Å². The molecule has 0 bridgehead atoms. The van der Waals surface area contributed by atoms with Crippen molar-refractivity contribution in [3.63, 3.8) is 0 Å². The third kappa shape index (κ3) is 4.22. The van der Waals surface area contributed by atoms with Crippen molar-refractivity contribution in [3.05, 3.63) is 53.6 Å². The minimum Gasteiger partial charge on any atom is -0.484 e. The predicted molar refractivity (Wildman–Crippen MR) is 99.6 cm³/mol. The minimum absolute atomic E-state index is 0.00800. The fourth-order valence-corrected chi connectivity index (χ4v) is 3.28. The summed E-state index contributed by atoms with van der Waals surface area (Å²) in [6, 6.07) is 12.8. The molecule has 5 nitrogen and oxygen atoms in total. The number of hydrogen-bond acceptors (Lipinski definition) is 5. The number of fused-ring (bicyclic) bond motifs is 1. The molecule has 0 aliphatic heterocycles. The summed E-state index contributed by atoms with van der Waals surface area (Å²) >= 11 is 1.45. The van der Waals surface area contributed by atoms with Crippen LogP contribution in [-0.4, -0.2) is 23.3 Å². The highest BCUT2D eigenvalue weighted by Gasteiger charge is 2.09. The lowest BCUT2D eigenvalue weighted by atomic mass is 10.1. The van der Waals surface area contributed by atoms with Crippen LogP contribution in [0.3, 0.4) is 0 Å². The Hall–Kier alpha value is -2.73. The number of thiazole rings is 1. The Kier molecular flexibility index (Phi) is 5.09. The van der Waals surface area contributed by atoms with Crippen LogP contribution in [0.15, 0.2) is 42.5 Å². The average molecular weight is 354 g/mol. The average Bonchev–Trinajstić information content (AvgIpc) is 3.01. The molecule has 0 aliphatic carbocycles. The number of benzene rings is 2. The fraction of sp³-hybridized carbons (Fsp3) is 0.211. The highest BCUT2D eigenvalue weighted by Crippen LogP contribution is 2.27. The number of ether oxygens (including phenoxy) is 1. The molecule has 0 fully saturated rings. The van der Waals surface area contributed by atoms with Crippen molar-refractivity contribution in [2.75, 3.05) is 11.9 Å². The lowest BCUT2D eigenvalue weighted by molar-refractivity contribution is -0.118. The van der Waals surface area contributed by atoms with Gasteiger partial charge in [-0.15, -0.1) is 0 Å². The zero-order chi connectivity index (χ0) is 17.8. The third-order valence-corrected chi connectivity index (χ3v) is 4.67. The van der Waals surface area contributed by atoms with E-state index in [9.17, 15) is 9.59 Å². The van der Waals surface area contributed by atoms with Gasteiger partial charge < -0.3 is 4.74 Å². The molecule has 1 heterocycles. The van der Waals surface area contributed by atoms with Gasteiger partial charge in [-0.1, -0.05) is 24.3 Å². The van der Waals surface area contributed by atoms with Crippen molar-refractivity contribution in [2.45, 2.75) is 20.3 Å². The van der Waals surface area contributed by atoms with Gasteiger partial charge in [-0.25, -0.2) is 4.98 Å². The molecule has 0 aliphatic rings. The van der Waals surface area contributed by atoms with E-state index in [2.05, 4.69) is 23.3 Å². The maximum Gasteiger partial charge on any atom is 0.264 e. The molecule has 1 aromatic heterocycles. The molecule has 3 aromatic rings. The number of nitrogens with one attached hydrogen (secondary N) is 1. The molecule has 0 spiro atoms. The molecule has 25 heavy (non-hydrogen) atoms. The second-order valence-electron chi connectivity index (χ2n) is 5.59. The Balaban J connectivity index is 1.59. The number of hydrogen-bond donors (Lipinski definition) is 1. The topological polar surface area (TPSA) is 68.3 Å². The van der Waals surface area contributed by atoms with Gasteiger partial charge in [0, 0.05) is 5.56 Å². The molecular weight excluding hydrogens is 336 g/mol. The smallest absolute Gasteiger partial charge is 0.264 e. The number of carbonyl (C=O) groups excluding carboxylic acids is 2. The quantitative estimate of drug-likeness (QED) is 0.677. The van der Waals surface area contributed by atoms with Gasteiger partial charge in [0.2, 0.25) is 0 Å². The number of carbonyl (C=O) groups is 2. The van der Waals surface area contributed by atoms with Crippen molar-refractivity contribution >= 4 is 38.4 Å². The first kappa shape index (κ1) is 17.1. The van der Waals surface area contributed by atoms with Crippen LogP contribution in [0.25, 0.3) is 10.2 Å². The Morgan fingerprint density at radius 3 is 2.60 bits per heavy atom. The zero-order valence-corrected chi connectivity index (χ0v) is 14.9. The summed E-state index contributed by atoms with van der Waals surface area (Å²) in [6.07, 6.45) is 0.964. The number of Topliss-reactive ketones (excluding diaryl/α,β-unsaturated/α-hetero) is 1. The van der Waals surface area contributed by atoms with Crippen molar-refractivity contribution < 1.29 is 14.3 Å². The van der Waals surface area contributed by atoms with Crippen molar-refractivity contribution in [1.82, 2.24) is 4.98 Å². The third-order valence-electron chi connectivity index (χ3n) is 3.74. The van der Waals surface area contributed by atoms with Crippen molar-refractivity contribution in [1.29, 1.82) is 0 Å². The van der Waals surface area contributed by atoms with E-state index in [0.29, 0.717) is 16.4 Å². The molecular formula is C19H18N2O3S. The van der Waals surface area contributed by atoms with Crippen LogP contribution in [-0.2, 0) is 11.2 Å². The van der Waals surface area contributed by atoms with Crippen molar-refractivity contribution in [2.24, 2.45) is 0 Å². The molecule has 0 radical (unpaired) electrons. The van der Waals surface area contributed by atoms with Crippen molar-refractivity contribution in [3.8, 4) is 5.75 Å². The van der Waals surface area contributed by atoms with Crippen LogP contribution in [0, 0.1) is 0 Å². The lowest BCUT2D eigenvalue weighted by Crippen LogP contribution is -2.20. The highest BCUT2D eigenvalue weighted by molar-refractivity contribution is 7.22. The maximum absolute atomic E-state index is 12.0. The number of anilines is 1. The van der Waals surface area contributed by atoms with Gasteiger partial charge in [0.15, 0.2) is 17.5 Å². The molecule has 128 valence electrons. The molecule has 0 saturated carbocycles. The van der Waals surface area contributed by atoms with Gasteiger partial charge in [0.05, 0.1) is 10.2 Å². The summed E-state index contributed by atoms with van der Waals surface area (Å²) in [4.78, 5) is 27.7. The first-order valence-corrected chi connectivity index (χ1v) is 8.80. The molecule has 0 saturated heterocycles. The van der Waals surface area contributed by atoms with E-state index >= 15 is 0 Å². The molecule has 3 rings (SSSR count). The van der Waals surface area contributed by atoms with Crippen LogP contribution in [0.5, 0.6) is 5.75 Å². The number of ketones is 1. The fourth-order valence-electron chi connectivity index (χ4n) is 2.33. The van der Waals surface area contributed by atoms with Gasteiger partial charge in [0.1, 0.15) is 5.75 Å². The monoisotopic (exact) mass is 354 g/mol. The Morgan fingerprint density at radius 2 is 1.92 bits per heavy atom. The second kappa shape index (κ2) is 7.44. The zero-order valence-electron chi connectivity index (χ0n) is 14.0. The molecule has 6 heteroatoms. The Bertz CT molecular complexity index is 916. The SMILES string of the molecule is CCc1ccc2nc(NC(=O)COc3ccc(C(C)=O)cc3)sc2c1. The van der Waals surface area contributed by atoms with Gasteiger partial charge in [0.25, 0.3) is 5.91 Å². The van der Waals surface area contributed by atoms with E-state index in [1.807, 2.05) is 12.1 Å². The highest BCUT2D eigenvalue weighted by atomic mass is 32.1. The van der Waals surface area contributed by atoms with E-state index in [0.717, 1.165) is 16.6 Å². The number of rotatable bonds is 6. The molecule has 0 unspecified atom stereocenters. The second-order valence-corrected chi connectivity index (χ2v) is 6.62. The normalized spacial score (nSPS) is 10.6. The standard InChI is InChI=1S/C19H18N2O3S/c1-3-13-4-9-16-17(10-13)25-19(20-16)21-18(23)11-24-15-7-5-14(6-8-15)12(2)22/h4-10H,3,11H2,1-2H3,(H,20,21,23). The number of nitrogens with zero attached hydrogens (tertiary/aromatic N) is 1. The molecule has 0 atom stereocenters. The molecule has 1 N–H and O–H groups in total. The van der Waals surface area contributed by atoms with E-state index in [1.54, 1.807) is 24.3 Å². The number of amides is 1. The first-order chi connectivity index (χ1) is 12.0. The van der Waals surface area contributed by atoms with Crippen LogP contribution in [0.2, 0.25) is 0 Å². The summed E-state index contributed by atoms with van der Waals surface area (Å²) < 4.78 is 6.49. The van der Waals surface area contributed by atoms with Crippen LogP contribution < -0.4 is 10.1 Å². The largest absolute Gasteiger partial charge is 0.484 e. The van der Waals surface area contributed by atoms with Gasteiger partial charge in [-0.2, -0.15) is 0 Å². The van der Waals surface area contributed by atoms with Gasteiger partial charge in [-0.05, 0) is 55.3 Å².